The van der Waals surface area contributed by atoms with Gasteiger partial charge in [0.1, 0.15) is 0 Å². The van der Waals surface area contributed by atoms with Gasteiger partial charge in [0.25, 0.3) is 0 Å². The summed E-state index contributed by atoms with van der Waals surface area (Å²) < 4.78 is 0. The lowest BCUT2D eigenvalue weighted by Crippen LogP contribution is -2.43. The first-order chi connectivity index (χ1) is 8.76. The Bertz CT molecular complexity index is 304. The zero-order valence-electron chi connectivity index (χ0n) is 11.3. The normalized spacial score (nSPS) is 15.8. The van der Waals surface area contributed by atoms with Gasteiger partial charge in [-0.3, -0.25) is 9.79 Å². The summed E-state index contributed by atoms with van der Waals surface area (Å²) in [6.45, 7) is 3.40. The maximum absolute atomic E-state index is 11.4. The molecular weight excluding hydrogens is 228 g/mol. The lowest BCUT2D eigenvalue weighted by atomic mass is 10.2. The number of amides is 1. The van der Waals surface area contributed by atoms with E-state index in [1.165, 1.54) is 0 Å². The van der Waals surface area contributed by atoms with Gasteiger partial charge in [0.05, 0.1) is 0 Å². The summed E-state index contributed by atoms with van der Waals surface area (Å²) in [6, 6.07) is 0.435. The van der Waals surface area contributed by atoms with Crippen LogP contribution in [0.25, 0.3) is 0 Å². The van der Waals surface area contributed by atoms with E-state index in [1.54, 1.807) is 7.05 Å². The van der Waals surface area contributed by atoms with Gasteiger partial charge in [0.2, 0.25) is 5.91 Å². The molecule has 0 aliphatic heterocycles. The maximum atomic E-state index is 11.4. The van der Waals surface area contributed by atoms with Crippen LogP contribution in [0, 0.1) is 0 Å². The number of carbonyl (C=O) groups is 1. The highest BCUT2D eigenvalue weighted by Crippen LogP contribution is 2.08. The molecule has 0 saturated heterocycles. The van der Waals surface area contributed by atoms with Crippen LogP contribution in [-0.4, -0.2) is 38.0 Å². The Kier molecular flexibility index (Phi) is 6.91. The highest BCUT2D eigenvalue weighted by Gasteiger charge is 2.11. The number of hydrogen-bond donors (Lipinski definition) is 3. The molecule has 18 heavy (non-hydrogen) atoms. The van der Waals surface area contributed by atoms with Crippen molar-refractivity contribution in [1.29, 1.82) is 0 Å². The molecule has 1 aliphatic rings. The van der Waals surface area contributed by atoms with Crippen molar-refractivity contribution >= 4 is 11.9 Å². The first kappa shape index (κ1) is 14.5. The molecule has 0 atom stereocenters. The van der Waals surface area contributed by atoms with E-state index in [0.717, 1.165) is 31.8 Å². The van der Waals surface area contributed by atoms with Gasteiger partial charge in [-0.2, -0.15) is 0 Å². The Morgan fingerprint density at radius 2 is 2.00 bits per heavy atom. The van der Waals surface area contributed by atoms with Crippen molar-refractivity contribution in [1.82, 2.24) is 16.0 Å². The smallest absolute Gasteiger partial charge is 0.221 e. The zero-order chi connectivity index (χ0) is 13.2. The second-order valence-electron chi connectivity index (χ2n) is 4.38. The molecule has 0 fully saturated rings. The molecule has 0 aromatic carbocycles. The van der Waals surface area contributed by atoms with Gasteiger partial charge in [0.15, 0.2) is 5.96 Å². The van der Waals surface area contributed by atoms with Gasteiger partial charge in [-0.1, -0.05) is 19.1 Å². The topological polar surface area (TPSA) is 65.5 Å². The largest absolute Gasteiger partial charge is 0.356 e. The van der Waals surface area contributed by atoms with E-state index in [-0.39, 0.29) is 5.91 Å². The lowest BCUT2D eigenvalue weighted by Gasteiger charge is -2.16. The van der Waals surface area contributed by atoms with Crippen LogP contribution in [0.1, 0.15) is 32.6 Å². The highest BCUT2D eigenvalue weighted by atomic mass is 16.1. The first-order valence-corrected chi connectivity index (χ1v) is 6.65. The van der Waals surface area contributed by atoms with Crippen LogP contribution < -0.4 is 16.0 Å². The minimum absolute atomic E-state index is 0.0855. The van der Waals surface area contributed by atoms with E-state index >= 15 is 0 Å². The van der Waals surface area contributed by atoms with Gasteiger partial charge in [0, 0.05) is 32.6 Å². The molecule has 0 saturated carbocycles. The van der Waals surface area contributed by atoms with Crippen molar-refractivity contribution in [3.63, 3.8) is 0 Å². The molecule has 1 rings (SSSR count). The molecule has 102 valence electrons. The van der Waals surface area contributed by atoms with E-state index in [9.17, 15) is 4.79 Å². The molecule has 1 amide bonds. The first-order valence-electron chi connectivity index (χ1n) is 6.65. The number of nitrogens with one attached hydrogen (secondary N) is 3. The maximum Gasteiger partial charge on any atom is 0.221 e. The number of rotatable bonds is 6. The summed E-state index contributed by atoms with van der Waals surface area (Å²) in [5.74, 6) is 0.856. The Balaban J connectivity index is 2.13. The highest BCUT2D eigenvalue weighted by molar-refractivity contribution is 5.81. The number of guanidine groups is 1. The van der Waals surface area contributed by atoms with Crippen molar-refractivity contribution in [2.75, 3.05) is 20.1 Å². The zero-order valence-corrected chi connectivity index (χ0v) is 11.3. The Morgan fingerprint density at radius 1 is 1.28 bits per heavy atom. The van der Waals surface area contributed by atoms with Gasteiger partial charge in [-0.05, 0) is 19.3 Å². The van der Waals surface area contributed by atoms with Crippen molar-refractivity contribution in [3.05, 3.63) is 12.2 Å². The Hall–Kier alpha value is -1.52. The second kappa shape index (κ2) is 8.55. The summed E-state index contributed by atoms with van der Waals surface area (Å²) in [5, 5.41) is 9.33. The second-order valence-corrected chi connectivity index (χ2v) is 4.38. The summed E-state index contributed by atoms with van der Waals surface area (Å²) in [5.41, 5.74) is 0. The van der Waals surface area contributed by atoms with E-state index in [1.807, 2.05) is 6.92 Å². The molecule has 5 nitrogen and oxygen atoms in total. The van der Waals surface area contributed by atoms with Crippen molar-refractivity contribution < 1.29 is 4.79 Å². The molecule has 3 N–H and O–H groups in total. The van der Waals surface area contributed by atoms with Crippen LogP contribution in [0.3, 0.4) is 0 Å². The predicted molar refractivity (Wildman–Crippen MR) is 74.6 cm³/mol. The quantitative estimate of drug-likeness (QED) is 0.372. The number of carbonyl (C=O) groups excluding carboxylic acids is 1. The molecule has 0 bridgehead atoms. The fraction of sp³-hybridized carbons (Fsp3) is 0.692. The van der Waals surface area contributed by atoms with Crippen molar-refractivity contribution in [2.24, 2.45) is 4.99 Å². The molecule has 0 aromatic heterocycles. The molecule has 0 radical (unpaired) electrons. The molecule has 0 unspecified atom stereocenters. The summed E-state index contributed by atoms with van der Waals surface area (Å²) >= 11 is 0. The van der Waals surface area contributed by atoms with E-state index in [2.05, 4.69) is 33.1 Å². The summed E-state index contributed by atoms with van der Waals surface area (Å²) in [7, 11) is 1.74. The molecular formula is C13H24N4O. The molecule has 0 spiro atoms. The third-order valence-corrected chi connectivity index (χ3v) is 2.79. The van der Waals surface area contributed by atoms with Crippen LogP contribution in [0.4, 0.5) is 0 Å². The summed E-state index contributed by atoms with van der Waals surface area (Å²) in [6.07, 6.45) is 7.86. The SMILES string of the molecule is CCCNC(=O)CCNC(=NC)NC1CC=CC1. The predicted octanol–water partition coefficient (Wildman–Crippen LogP) is 0.786. The van der Waals surface area contributed by atoms with E-state index in [4.69, 9.17) is 0 Å². The van der Waals surface area contributed by atoms with Crippen LogP contribution in [0.5, 0.6) is 0 Å². The number of hydrogen-bond acceptors (Lipinski definition) is 2. The monoisotopic (exact) mass is 252 g/mol. The number of aliphatic imine (C=N–C) groups is 1. The minimum atomic E-state index is 0.0855. The fourth-order valence-electron chi connectivity index (χ4n) is 1.77. The van der Waals surface area contributed by atoms with Crippen molar-refractivity contribution in [2.45, 2.75) is 38.6 Å². The van der Waals surface area contributed by atoms with Crippen LogP contribution in [-0.2, 0) is 4.79 Å². The Labute approximate surface area is 109 Å². The molecule has 0 heterocycles. The van der Waals surface area contributed by atoms with Gasteiger partial charge < -0.3 is 16.0 Å². The third kappa shape index (κ3) is 5.70. The summed E-state index contributed by atoms with van der Waals surface area (Å²) in [4.78, 5) is 15.5. The minimum Gasteiger partial charge on any atom is -0.356 e. The van der Waals surface area contributed by atoms with Crippen molar-refractivity contribution in [3.8, 4) is 0 Å². The van der Waals surface area contributed by atoms with Crippen LogP contribution in [0.2, 0.25) is 0 Å². The van der Waals surface area contributed by atoms with Crippen LogP contribution >= 0.6 is 0 Å². The molecule has 0 aromatic rings. The molecule has 1 aliphatic carbocycles. The fourth-order valence-corrected chi connectivity index (χ4v) is 1.77. The average Bonchev–Trinajstić information content (AvgIpc) is 2.88. The van der Waals surface area contributed by atoms with E-state index < -0.39 is 0 Å². The standard InChI is InChI=1S/C13H24N4O/c1-3-9-15-12(18)8-10-16-13(14-2)17-11-6-4-5-7-11/h4-5,11H,3,6-10H2,1-2H3,(H,15,18)(H2,14,16,17). The van der Waals surface area contributed by atoms with Gasteiger partial charge >= 0.3 is 0 Å². The Morgan fingerprint density at radius 3 is 2.61 bits per heavy atom. The van der Waals surface area contributed by atoms with Crippen LogP contribution in [0.15, 0.2) is 17.1 Å². The van der Waals surface area contributed by atoms with E-state index in [0.29, 0.717) is 19.0 Å². The third-order valence-electron chi connectivity index (χ3n) is 2.79. The molecule has 5 heteroatoms. The average molecular weight is 252 g/mol. The van der Waals surface area contributed by atoms with Gasteiger partial charge in [-0.15, -0.1) is 0 Å². The number of nitrogens with zero attached hydrogens (tertiary/aromatic N) is 1. The lowest BCUT2D eigenvalue weighted by molar-refractivity contribution is -0.120. The van der Waals surface area contributed by atoms with Gasteiger partial charge in [-0.25, -0.2) is 0 Å².